The van der Waals surface area contributed by atoms with Crippen LogP contribution in [0.1, 0.15) is 33.1 Å². The minimum absolute atomic E-state index is 0.370. The lowest BCUT2D eigenvalue weighted by molar-refractivity contribution is 0.0976. The zero-order valence-corrected chi connectivity index (χ0v) is 8.05. The third-order valence-corrected chi connectivity index (χ3v) is 2.01. The number of hydrogen-bond donors (Lipinski definition) is 0. The van der Waals surface area contributed by atoms with Crippen molar-refractivity contribution in [1.29, 1.82) is 0 Å². The van der Waals surface area contributed by atoms with Crippen LogP contribution in [0, 0.1) is 0 Å². The molecule has 0 aromatic carbocycles. The largest absolute Gasteiger partial charge is 0.370 e. The van der Waals surface area contributed by atoms with Gasteiger partial charge in [-0.15, -0.1) is 0 Å². The molecule has 0 N–H and O–H groups in total. The number of rotatable bonds is 3. The first kappa shape index (κ1) is 9.53. The molecule has 0 saturated heterocycles. The van der Waals surface area contributed by atoms with Crippen LogP contribution in [-0.2, 0) is 4.74 Å². The summed E-state index contributed by atoms with van der Waals surface area (Å²) in [6, 6.07) is 0. The molecule has 0 heterocycles. The minimum atomic E-state index is 0.370. The van der Waals surface area contributed by atoms with Crippen molar-refractivity contribution >= 4 is 0 Å². The fraction of sp³-hybridized carbons (Fsp3) is 0.636. The molecule has 0 aliphatic heterocycles. The van der Waals surface area contributed by atoms with Gasteiger partial charge in [-0.25, -0.2) is 0 Å². The van der Waals surface area contributed by atoms with Gasteiger partial charge in [0.25, 0.3) is 0 Å². The summed E-state index contributed by atoms with van der Waals surface area (Å²) in [7, 11) is 0. The van der Waals surface area contributed by atoms with Crippen molar-refractivity contribution in [3.05, 3.63) is 23.8 Å². The highest BCUT2D eigenvalue weighted by Gasteiger charge is 2.06. The Morgan fingerprint density at radius 1 is 1.58 bits per heavy atom. The predicted octanol–water partition coefficient (Wildman–Crippen LogP) is 3.08. The second kappa shape index (κ2) is 5.15. The van der Waals surface area contributed by atoms with E-state index in [0.29, 0.717) is 6.10 Å². The van der Waals surface area contributed by atoms with Gasteiger partial charge in [0, 0.05) is 0 Å². The van der Waals surface area contributed by atoms with Crippen molar-refractivity contribution in [3.8, 4) is 0 Å². The van der Waals surface area contributed by atoms with Crippen LogP contribution >= 0.6 is 0 Å². The van der Waals surface area contributed by atoms with Gasteiger partial charge in [-0.2, -0.15) is 0 Å². The van der Waals surface area contributed by atoms with Crippen molar-refractivity contribution in [2.75, 3.05) is 6.61 Å². The molecule has 0 amide bonds. The van der Waals surface area contributed by atoms with Gasteiger partial charge in [-0.3, -0.25) is 0 Å². The van der Waals surface area contributed by atoms with Crippen LogP contribution in [0.4, 0.5) is 0 Å². The van der Waals surface area contributed by atoms with Gasteiger partial charge in [0.1, 0.15) is 0 Å². The minimum Gasteiger partial charge on any atom is -0.370 e. The van der Waals surface area contributed by atoms with E-state index in [1.165, 1.54) is 24.8 Å². The molecule has 1 atom stereocenters. The molecule has 0 radical (unpaired) electrons. The Hall–Kier alpha value is -0.560. The summed E-state index contributed by atoms with van der Waals surface area (Å²) in [5, 5.41) is 0. The Labute approximate surface area is 75.1 Å². The highest BCUT2D eigenvalue weighted by atomic mass is 16.5. The van der Waals surface area contributed by atoms with E-state index < -0.39 is 0 Å². The summed E-state index contributed by atoms with van der Waals surface area (Å²) in [5.74, 6) is 0. The van der Waals surface area contributed by atoms with Crippen molar-refractivity contribution in [2.45, 2.75) is 39.2 Å². The Bertz CT molecular complexity index is 175. The van der Waals surface area contributed by atoms with E-state index in [0.717, 1.165) is 6.61 Å². The predicted molar refractivity (Wildman–Crippen MR) is 52.2 cm³/mol. The van der Waals surface area contributed by atoms with Gasteiger partial charge in [-0.1, -0.05) is 23.8 Å². The van der Waals surface area contributed by atoms with Crippen LogP contribution in [0.15, 0.2) is 23.8 Å². The third-order valence-electron chi connectivity index (χ3n) is 2.01. The lowest BCUT2D eigenvalue weighted by Gasteiger charge is -2.15. The van der Waals surface area contributed by atoms with Crippen molar-refractivity contribution in [1.82, 2.24) is 0 Å². The maximum Gasteiger partial charge on any atom is 0.0760 e. The highest BCUT2D eigenvalue weighted by Crippen LogP contribution is 2.13. The summed E-state index contributed by atoms with van der Waals surface area (Å²) >= 11 is 0. The fourth-order valence-electron chi connectivity index (χ4n) is 1.26. The summed E-state index contributed by atoms with van der Waals surface area (Å²) in [6.07, 6.45) is 10.6. The maximum absolute atomic E-state index is 5.63. The first-order valence-corrected chi connectivity index (χ1v) is 4.70. The smallest absolute Gasteiger partial charge is 0.0760 e. The van der Waals surface area contributed by atoms with E-state index in [2.05, 4.69) is 32.1 Å². The Morgan fingerprint density at radius 3 is 3.00 bits per heavy atom. The summed E-state index contributed by atoms with van der Waals surface area (Å²) < 4.78 is 5.63. The van der Waals surface area contributed by atoms with Gasteiger partial charge in [0.2, 0.25) is 0 Å². The molecule has 1 heteroatoms. The fourth-order valence-corrected chi connectivity index (χ4v) is 1.26. The average molecular weight is 166 g/mol. The molecule has 68 valence electrons. The first-order valence-electron chi connectivity index (χ1n) is 4.70. The monoisotopic (exact) mass is 166 g/mol. The Balaban J connectivity index is 2.18. The lowest BCUT2D eigenvalue weighted by atomic mass is 10.1. The molecule has 0 fully saturated rings. The molecular formula is C11H18O. The van der Waals surface area contributed by atoms with Crippen molar-refractivity contribution in [3.63, 3.8) is 0 Å². The average Bonchev–Trinajstić information content (AvgIpc) is 2.05. The van der Waals surface area contributed by atoms with Crippen LogP contribution in [-0.4, -0.2) is 12.7 Å². The van der Waals surface area contributed by atoms with Crippen LogP contribution in [0.3, 0.4) is 0 Å². The van der Waals surface area contributed by atoms with Crippen LogP contribution in [0.2, 0.25) is 0 Å². The molecule has 0 aromatic rings. The van der Waals surface area contributed by atoms with Gasteiger partial charge >= 0.3 is 0 Å². The van der Waals surface area contributed by atoms with E-state index in [1.807, 2.05) is 0 Å². The molecule has 0 bridgehead atoms. The van der Waals surface area contributed by atoms with Crippen molar-refractivity contribution < 1.29 is 4.74 Å². The van der Waals surface area contributed by atoms with Gasteiger partial charge in [0.05, 0.1) is 12.7 Å². The van der Waals surface area contributed by atoms with Crippen LogP contribution in [0.25, 0.3) is 0 Å². The quantitative estimate of drug-likeness (QED) is 0.585. The van der Waals surface area contributed by atoms with Gasteiger partial charge in [-0.05, 0) is 33.1 Å². The summed E-state index contributed by atoms with van der Waals surface area (Å²) in [5.41, 5.74) is 1.33. The zero-order valence-electron chi connectivity index (χ0n) is 8.05. The topological polar surface area (TPSA) is 9.23 Å². The van der Waals surface area contributed by atoms with E-state index >= 15 is 0 Å². The molecule has 0 unspecified atom stereocenters. The third kappa shape index (κ3) is 3.72. The van der Waals surface area contributed by atoms with Gasteiger partial charge < -0.3 is 4.74 Å². The Morgan fingerprint density at radius 2 is 2.42 bits per heavy atom. The highest BCUT2D eigenvalue weighted by molar-refractivity contribution is 4.96. The van der Waals surface area contributed by atoms with E-state index in [-0.39, 0.29) is 0 Å². The molecular weight excluding hydrogens is 148 g/mol. The first-order chi connectivity index (χ1) is 5.79. The molecule has 1 rings (SSSR count). The standard InChI is InChI=1S/C11H18O/c1-10(2)8-9-12-11-6-4-3-5-7-11/h4,6,8,11H,3,5,7,9H2,1-2H3/t11-/m0/s1. The van der Waals surface area contributed by atoms with E-state index in [1.54, 1.807) is 0 Å². The Kier molecular flexibility index (Phi) is 4.09. The molecule has 0 aromatic heterocycles. The normalized spacial score (nSPS) is 22.3. The molecule has 0 spiro atoms. The SMILES string of the molecule is CC(C)=CCO[C@H]1C=CCCC1. The lowest BCUT2D eigenvalue weighted by Crippen LogP contribution is -2.12. The molecule has 1 aliphatic carbocycles. The molecule has 12 heavy (non-hydrogen) atoms. The number of allylic oxidation sites excluding steroid dienone is 2. The van der Waals surface area contributed by atoms with E-state index in [4.69, 9.17) is 4.74 Å². The molecule has 0 saturated carbocycles. The van der Waals surface area contributed by atoms with Gasteiger partial charge in [0.15, 0.2) is 0 Å². The maximum atomic E-state index is 5.63. The summed E-state index contributed by atoms with van der Waals surface area (Å²) in [6.45, 7) is 4.96. The number of ether oxygens (including phenoxy) is 1. The second-order valence-corrected chi connectivity index (χ2v) is 3.51. The molecule has 1 aliphatic rings. The van der Waals surface area contributed by atoms with Crippen LogP contribution in [0.5, 0.6) is 0 Å². The van der Waals surface area contributed by atoms with Crippen LogP contribution < -0.4 is 0 Å². The second-order valence-electron chi connectivity index (χ2n) is 3.51. The number of hydrogen-bond acceptors (Lipinski definition) is 1. The summed E-state index contributed by atoms with van der Waals surface area (Å²) in [4.78, 5) is 0. The van der Waals surface area contributed by atoms with E-state index in [9.17, 15) is 0 Å². The zero-order chi connectivity index (χ0) is 8.81. The van der Waals surface area contributed by atoms with Crippen molar-refractivity contribution in [2.24, 2.45) is 0 Å². The molecule has 1 nitrogen and oxygen atoms in total.